The van der Waals surface area contributed by atoms with Gasteiger partial charge in [-0.05, 0) is 43.2 Å². The first-order valence-corrected chi connectivity index (χ1v) is 11.8. The van der Waals surface area contributed by atoms with Gasteiger partial charge in [-0.1, -0.05) is 41.1 Å². The number of rotatable bonds is 6. The van der Waals surface area contributed by atoms with Crippen molar-refractivity contribution in [1.82, 2.24) is 15.1 Å². The Morgan fingerprint density at radius 3 is 2.68 bits per heavy atom. The molecule has 3 aromatic rings. The summed E-state index contributed by atoms with van der Waals surface area (Å²) in [4.78, 5) is 39.9. The smallest absolute Gasteiger partial charge is 0.286 e. The van der Waals surface area contributed by atoms with E-state index in [-0.39, 0.29) is 34.3 Å². The maximum atomic E-state index is 13.0. The van der Waals surface area contributed by atoms with Gasteiger partial charge >= 0.3 is 0 Å². The molecule has 34 heavy (non-hydrogen) atoms. The number of nitrogens with one attached hydrogen (secondary N) is 2. The van der Waals surface area contributed by atoms with Crippen molar-refractivity contribution in [1.29, 1.82) is 0 Å². The van der Waals surface area contributed by atoms with Crippen LogP contribution in [0.4, 0.5) is 11.4 Å². The molecule has 2 N–H and O–H groups in total. The first-order chi connectivity index (χ1) is 16.4. The zero-order chi connectivity index (χ0) is 24.1. The summed E-state index contributed by atoms with van der Waals surface area (Å²) in [7, 11) is 1.54. The molecule has 1 fully saturated rings. The molecule has 176 valence electrons. The fourth-order valence-corrected chi connectivity index (χ4v) is 4.54. The first-order valence-electron chi connectivity index (χ1n) is 10.6. The Labute approximate surface area is 205 Å². The van der Waals surface area contributed by atoms with E-state index in [1.165, 1.54) is 7.11 Å². The monoisotopic (exact) mass is 499 g/mol. The highest BCUT2D eigenvalue weighted by molar-refractivity contribution is 7.15. The predicted octanol–water partition coefficient (Wildman–Crippen LogP) is 3.94. The van der Waals surface area contributed by atoms with Gasteiger partial charge in [-0.3, -0.25) is 14.4 Å². The van der Waals surface area contributed by atoms with Crippen molar-refractivity contribution >= 4 is 52.0 Å². The molecule has 4 rings (SSSR count). The number of carbonyl (C=O) groups is 3. The molecule has 0 aliphatic carbocycles. The lowest BCUT2D eigenvalue weighted by Crippen LogP contribution is -2.43. The van der Waals surface area contributed by atoms with Crippen molar-refractivity contribution in [3.8, 4) is 5.75 Å². The molecule has 0 radical (unpaired) electrons. The maximum Gasteiger partial charge on any atom is 0.286 e. The average Bonchev–Trinajstić information content (AvgIpc) is 3.34. The molecule has 1 aliphatic heterocycles. The zero-order valence-electron chi connectivity index (χ0n) is 18.3. The molecule has 0 bridgehead atoms. The van der Waals surface area contributed by atoms with Crippen LogP contribution in [0.15, 0.2) is 48.5 Å². The quantitative estimate of drug-likeness (QED) is 0.531. The zero-order valence-corrected chi connectivity index (χ0v) is 19.9. The Morgan fingerprint density at radius 1 is 1.09 bits per heavy atom. The van der Waals surface area contributed by atoms with Crippen LogP contribution in [0, 0.1) is 5.92 Å². The fraction of sp³-hybridized carbons (Fsp3) is 0.261. The molecule has 0 spiro atoms. The number of piperidine rings is 1. The summed E-state index contributed by atoms with van der Waals surface area (Å²) in [6, 6.07) is 13.9. The van der Waals surface area contributed by atoms with Gasteiger partial charge in [0.1, 0.15) is 5.75 Å². The third kappa shape index (κ3) is 5.52. The highest BCUT2D eigenvalue weighted by Gasteiger charge is 2.31. The van der Waals surface area contributed by atoms with E-state index in [1.807, 2.05) is 12.1 Å². The van der Waals surface area contributed by atoms with Gasteiger partial charge in [-0.15, -0.1) is 10.2 Å². The molecule has 3 amide bonds. The van der Waals surface area contributed by atoms with Crippen LogP contribution < -0.4 is 15.4 Å². The maximum absolute atomic E-state index is 13.0. The minimum atomic E-state index is -0.480. The van der Waals surface area contributed by atoms with Gasteiger partial charge in [0.05, 0.1) is 18.7 Å². The highest BCUT2D eigenvalue weighted by Crippen LogP contribution is 2.26. The first kappa shape index (κ1) is 23.7. The number of methoxy groups -OCH3 is 1. The van der Waals surface area contributed by atoms with Crippen LogP contribution in [0.2, 0.25) is 5.02 Å². The summed E-state index contributed by atoms with van der Waals surface area (Å²) in [5.41, 5.74) is 1.10. The molecule has 1 aromatic heterocycles. The molecule has 11 heteroatoms. The molecule has 1 aliphatic rings. The number of likely N-dealkylation sites (tertiary alicyclic amines) is 1. The summed E-state index contributed by atoms with van der Waals surface area (Å²) < 4.78 is 5.28. The molecule has 0 saturated carbocycles. The van der Waals surface area contributed by atoms with Crippen LogP contribution in [0.5, 0.6) is 5.75 Å². The summed E-state index contributed by atoms with van der Waals surface area (Å²) in [5, 5.41) is 14.0. The van der Waals surface area contributed by atoms with E-state index in [0.717, 1.165) is 11.3 Å². The Kier molecular flexibility index (Phi) is 7.39. The third-order valence-electron chi connectivity index (χ3n) is 5.33. The number of amides is 3. The topological polar surface area (TPSA) is 114 Å². The number of anilines is 2. The summed E-state index contributed by atoms with van der Waals surface area (Å²) in [5.74, 6) is -0.820. The number of hydrogen-bond acceptors (Lipinski definition) is 7. The van der Waals surface area contributed by atoms with Crippen LogP contribution >= 0.6 is 22.9 Å². The molecule has 0 unspecified atom stereocenters. The lowest BCUT2D eigenvalue weighted by Gasteiger charge is -2.31. The van der Waals surface area contributed by atoms with Gasteiger partial charge in [0, 0.05) is 23.8 Å². The second-order valence-electron chi connectivity index (χ2n) is 7.66. The molecular formula is C23H22ClN5O4S. The summed E-state index contributed by atoms with van der Waals surface area (Å²) in [6.07, 6.45) is 1.34. The largest absolute Gasteiger partial charge is 0.495 e. The molecule has 1 atom stereocenters. The lowest BCUT2D eigenvalue weighted by atomic mass is 9.97. The van der Waals surface area contributed by atoms with Crippen LogP contribution in [0.3, 0.4) is 0 Å². The number of nitrogens with zero attached hydrogens (tertiary/aromatic N) is 3. The fourth-order valence-electron chi connectivity index (χ4n) is 3.65. The summed E-state index contributed by atoms with van der Waals surface area (Å²) in [6.45, 7) is 0.754. The van der Waals surface area contributed by atoms with Crippen LogP contribution in [-0.2, 0) is 4.79 Å². The van der Waals surface area contributed by atoms with Crippen molar-refractivity contribution in [3.05, 3.63) is 63.6 Å². The number of carbonyl (C=O) groups excluding carboxylic acids is 3. The molecule has 2 heterocycles. The van der Waals surface area contributed by atoms with Crippen molar-refractivity contribution < 1.29 is 19.1 Å². The van der Waals surface area contributed by atoms with Gasteiger partial charge in [-0.2, -0.15) is 0 Å². The number of aromatic nitrogens is 2. The number of halogens is 1. The minimum Gasteiger partial charge on any atom is -0.495 e. The van der Waals surface area contributed by atoms with Crippen molar-refractivity contribution in [2.75, 3.05) is 30.8 Å². The van der Waals surface area contributed by atoms with Gasteiger partial charge in [0.2, 0.25) is 15.9 Å². The molecule has 9 nitrogen and oxygen atoms in total. The Morgan fingerprint density at radius 2 is 1.88 bits per heavy atom. The number of hydrogen-bond donors (Lipinski definition) is 2. The van der Waals surface area contributed by atoms with Gasteiger partial charge in [-0.25, -0.2) is 0 Å². The molecule has 1 saturated heterocycles. The van der Waals surface area contributed by atoms with Crippen LogP contribution in [0.25, 0.3) is 0 Å². The average molecular weight is 500 g/mol. The standard InChI is InChI=1S/C23H22ClN5O4S/c1-33-18-10-3-2-9-17(18)26-19(30)14-6-5-11-29(13-14)23(32)22-28-27-21(34-22)20(31)25-16-8-4-7-15(24)12-16/h2-4,7-10,12,14H,5-6,11,13H2,1H3,(H,25,31)(H,26,30)/t14-/m0/s1. The van der Waals surface area contributed by atoms with E-state index in [2.05, 4.69) is 20.8 Å². The van der Waals surface area contributed by atoms with E-state index in [1.54, 1.807) is 41.3 Å². The number of ether oxygens (including phenoxy) is 1. The Balaban J connectivity index is 1.39. The van der Waals surface area contributed by atoms with Crippen molar-refractivity contribution in [3.63, 3.8) is 0 Å². The van der Waals surface area contributed by atoms with E-state index >= 15 is 0 Å². The SMILES string of the molecule is COc1ccccc1NC(=O)[C@H]1CCCN(C(=O)c2nnc(C(=O)Nc3cccc(Cl)c3)s2)C1. The Bertz CT molecular complexity index is 1220. The van der Waals surface area contributed by atoms with E-state index in [0.29, 0.717) is 41.5 Å². The second-order valence-corrected chi connectivity index (χ2v) is 9.07. The van der Waals surface area contributed by atoms with Crippen LogP contribution in [-0.4, -0.2) is 53.0 Å². The normalized spacial score (nSPS) is 15.5. The van der Waals surface area contributed by atoms with Crippen molar-refractivity contribution in [2.24, 2.45) is 5.92 Å². The van der Waals surface area contributed by atoms with Gasteiger partial charge in [0.15, 0.2) is 0 Å². The molecular weight excluding hydrogens is 478 g/mol. The second kappa shape index (κ2) is 10.6. The van der Waals surface area contributed by atoms with E-state index in [9.17, 15) is 14.4 Å². The minimum absolute atomic E-state index is 0.0609. The summed E-state index contributed by atoms with van der Waals surface area (Å²) >= 11 is 6.85. The number of benzene rings is 2. The lowest BCUT2D eigenvalue weighted by molar-refractivity contribution is -0.121. The Hall–Kier alpha value is -3.50. The van der Waals surface area contributed by atoms with Gasteiger partial charge < -0.3 is 20.3 Å². The third-order valence-corrected chi connectivity index (χ3v) is 6.47. The van der Waals surface area contributed by atoms with E-state index < -0.39 is 5.91 Å². The molecule has 2 aromatic carbocycles. The highest BCUT2D eigenvalue weighted by atomic mass is 35.5. The van der Waals surface area contributed by atoms with Crippen LogP contribution in [0.1, 0.15) is 32.4 Å². The van der Waals surface area contributed by atoms with Crippen molar-refractivity contribution in [2.45, 2.75) is 12.8 Å². The number of para-hydroxylation sites is 2. The van der Waals surface area contributed by atoms with Gasteiger partial charge in [0.25, 0.3) is 11.8 Å². The predicted molar refractivity (Wildman–Crippen MR) is 130 cm³/mol. The van der Waals surface area contributed by atoms with E-state index in [4.69, 9.17) is 16.3 Å².